The van der Waals surface area contributed by atoms with Crippen molar-refractivity contribution in [3.8, 4) is 0 Å². The van der Waals surface area contributed by atoms with E-state index in [4.69, 9.17) is 0 Å². The van der Waals surface area contributed by atoms with Gasteiger partial charge in [-0.3, -0.25) is 0 Å². The molecule has 112 valence electrons. The molecule has 0 aliphatic rings. The Morgan fingerprint density at radius 3 is 2.62 bits per heavy atom. The van der Waals surface area contributed by atoms with Gasteiger partial charge in [-0.15, -0.1) is 0 Å². The molecule has 1 N–H and O–H groups in total. The van der Waals surface area contributed by atoms with E-state index in [1.54, 1.807) is 12.1 Å². The average Bonchev–Trinajstić information content (AvgIpc) is 2.50. The quantitative estimate of drug-likeness (QED) is 0.718. The molecule has 0 spiro atoms. The van der Waals surface area contributed by atoms with Gasteiger partial charge < -0.3 is 5.32 Å². The Kier molecular flexibility index (Phi) is 6.40. The molecular formula is C18H21BrFN. The molecule has 0 radical (unpaired) electrons. The van der Waals surface area contributed by atoms with E-state index in [1.807, 2.05) is 6.07 Å². The highest BCUT2D eigenvalue weighted by molar-refractivity contribution is 9.10. The minimum atomic E-state index is -0.181. The lowest BCUT2D eigenvalue weighted by Crippen LogP contribution is -2.21. The Morgan fingerprint density at radius 1 is 1.14 bits per heavy atom. The van der Waals surface area contributed by atoms with Gasteiger partial charge in [-0.1, -0.05) is 53.2 Å². The van der Waals surface area contributed by atoms with Gasteiger partial charge in [0.05, 0.1) is 0 Å². The predicted octanol–water partition coefficient (Wildman–Crippen LogP) is 5.26. The van der Waals surface area contributed by atoms with Gasteiger partial charge >= 0.3 is 0 Å². The van der Waals surface area contributed by atoms with E-state index in [9.17, 15) is 4.39 Å². The summed E-state index contributed by atoms with van der Waals surface area (Å²) in [4.78, 5) is 0. The molecule has 0 amide bonds. The van der Waals surface area contributed by atoms with Crippen LogP contribution in [-0.2, 0) is 6.42 Å². The first-order valence-corrected chi connectivity index (χ1v) is 8.22. The van der Waals surface area contributed by atoms with Gasteiger partial charge in [0.25, 0.3) is 0 Å². The van der Waals surface area contributed by atoms with E-state index in [-0.39, 0.29) is 11.9 Å². The van der Waals surface area contributed by atoms with Crippen molar-refractivity contribution in [1.29, 1.82) is 0 Å². The highest BCUT2D eigenvalue weighted by Gasteiger charge is 2.14. The average molecular weight is 350 g/mol. The number of rotatable bonds is 7. The Labute approximate surface area is 134 Å². The predicted molar refractivity (Wildman–Crippen MR) is 89.9 cm³/mol. The van der Waals surface area contributed by atoms with Crippen LogP contribution >= 0.6 is 15.9 Å². The summed E-state index contributed by atoms with van der Waals surface area (Å²) in [5, 5.41) is 3.46. The third kappa shape index (κ3) is 4.94. The van der Waals surface area contributed by atoms with E-state index in [0.717, 1.165) is 35.8 Å². The van der Waals surface area contributed by atoms with Gasteiger partial charge in [-0.05, 0) is 55.1 Å². The number of halogens is 2. The van der Waals surface area contributed by atoms with Gasteiger partial charge in [-0.25, -0.2) is 4.39 Å². The van der Waals surface area contributed by atoms with E-state index >= 15 is 0 Å². The number of nitrogens with one attached hydrogen (secondary N) is 1. The molecule has 0 heterocycles. The zero-order chi connectivity index (χ0) is 15.1. The lowest BCUT2D eigenvalue weighted by molar-refractivity contribution is 0.493. The Balaban J connectivity index is 2.00. The molecule has 0 bridgehead atoms. The van der Waals surface area contributed by atoms with Crippen LogP contribution in [0.25, 0.3) is 0 Å². The van der Waals surface area contributed by atoms with Crippen LogP contribution < -0.4 is 5.32 Å². The number of benzene rings is 2. The van der Waals surface area contributed by atoms with Crippen molar-refractivity contribution in [2.75, 3.05) is 6.54 Å². The standard InChI is InChI=1S/C18H21BrFN/c1-2-21-18(16-13-15(20)11-12-17(16)19)10-6-9-14-7-4-3-5-8-14/h3-5,7-8,11-13,18,21H,2,6,9-10H2,1H3. The van der Waals surface area contributed by atoms with Gasteiger partial charge in [0.1, 0.15) is 5.82 Å². The summed E-state index contributed by atoms with van der Waals surface area (Å²) in [7, 11) is 0. The minimum absolute atomic E-state index is 0.181. The van der Waals surface area contributed by atoms with Crippen LogP contribution in [-0.4, -0.2) is 6.54 Å². The zero-order valence-electron chi connectivity index (χ0n) is 12.3. The molecule has 0 fully saturated rings. The highest BCUT2D eigenvalue weighted by Crippen LogP contribution is 2.28. The van der Waals surface area contributed by atoms with Gasteiger partial charge in [0, 0.05) is 10.5 Å². The zero-order valence-corrected chi connectivity index (χ0v) is 13.9. The molecule has 2 aromatic rings. The molecule has 0 saturated heterocycles. The molecule has 0 aromatic heterocycles. The molecule has 2 aromatic carbocycles. The summed E-state index contributed by atoms with van der Waals surface area (Å²) >= 11 is 3.53. The highest BCUT2D eigenvalue weighted by atomic mass is 79.9. The molecule has 0 aliphatic carbocycles. The second-order valence-electron chi connectivity index (χ2n) is 5.15. The third-order valence-corrected chi connectivity index (χ3v) is 4.31. The van der Waals surface area contributed by atoms with Gasteiger partial charge in [0.15, 0.2) is 0 Å². The fraction of sp³-hybridized carbons (Fsp3) is 0.333. The molecule has 21 heavy (non-hydrogen) atoms. The monoisotopic (exact) mass is 349 g/mol. The maximum Gasteiger partial charge on any atom is 0.123 e. The van der Waals surface area contributed by atoms with Gasteiger partial charge in [0.2, 0.25) is 0 Å². The first-order chi connectivity index (χ1) is 10.2. The van der Waals surface area contributed by atoms with Crippen molar-refractivity contribution in [3.05, 3.63) is 69.9 Å². The van der Waals surface area contributed by atoms with Crippen LogP contribution in [0, 0.1) is 5.82 Å². The molecular weight excluding hydrogens is 329 g/mol. The maximum atomic E-state index is 13.5. The smallest absolute Gasteiger partial charge is 0.123 e. The van der Waals surface area contributed by atoms with Crippen molar-refractivity contribution < 1.29 is 4.39 Å². The van der Waals surface area contributed by atoms with E-state index in [2.05, 4.69) is 52.4 Å². The fourth-order valence-corrected chi connectivity index (χ4v) is 3.07. The van der Waals surface area contributed by atoms with Crippen LogP contribution in [0.1, 0.15) is 36.9 Å². The van der Waals surface area contributed by atoms with Crippen molar-refractivity contribution in [1.82, 2.24) is 5.32 Å². The number of hydrogen-bond donors (Lipinski definition) is 1. The fourth-order valence-electron chi connectivity index (χ4n) is 2.55. The lowest BCUT2D eigenvalue weighted by atomic mass is 9.99. The topological polar surface area (TPSA) is 12.0 Å². The summed E-state index contributed by atoms with van der Waals surface area (Å²) in [5.41, 5.74) is 2.36. The number of aryl methyl sites for hydroxylation is 1. The largest absolute Gasteiger partial charge is 0.310 e. The van der Waals surface area contributed by atoms with Crippen molar-refractivity contribution >= 4 is 15.9 Å². The van der Waals surface area contributed by atoms with E-state index in [0.29, 0.717) is 0 Å². The second-order valence-corrected chi connectivity index (χ2v) is 6.01. The molecule has 0 aliphatic heterocycles. The Morgan fingerprint density at radius 2 is 1.90 bits per heavy atom. The first-order valence-electron chi connectivity index (χ1n) is 7.43. The van der Waals surface area contributed by atoms with E-state index < -0.39 is 0 Å². The molecule has 1 unspecified atom stereocenters. The van der Waals surface area contributed by atoms with Crippen molar-refractivity contribution in [3.63, 3.8) is 0 Å². The third-order valence-electron chi connectivity index (χ3n) is 3.59. The van der Waals surface area contributed by atoms with Crippen LogP contribution in [0.3, 0.4) is 0 Å². The summed E-state index contributed by atoms with van der Waals surface area (Å²) in [5.74, 6) is -0.181. The molecule has 2 rings (SSSR count). The maximum absolute atomic E-state index is 13.5. The summed E-state index contributed by atoms with van der Waals surface area (Å²) < 4.78 is 14.5. The van der Waals surface area contributed by atoms with E-state index in [1.165, 1.54) is 11.6 Å². The number of hydrogen-bond acceptors (Lipinski definition) is 1. The summed E-state index contributed by atoms with van der Waals surface area (Å²) in [6.07, 6.45) is 3.12. The van der Waals surface area contributed by atoms with Crippen LogP contribution in [0.5, 0.6) is 0 Å². The second kappa shape index (κ2) is 8.30. The Bertz CT molecular complexity index is 556. The molecule has 0 saturated carbocycles. The summed E-state index contributed by atoms with van der Waals surface area (Å²) in [6.45, 7) is 2.95. The van der Waals surface area contributed by atoms with Crippen LogP contribution in [0.2, 0.25) is 0 Å². The SMILES string of the molecule is CCNC(CCCc1ccccc1)c1cc(F)ccc1Br. The Hall–Kier alpha value is -1.19. The normalized spacial score (nSPS) is 12.3. The van der Waals surface area contributed by atoms with Crippen molar-refractivity contribution in [2.24, 2.45) is 0 Å². The lowest BCUT2D eigenvalue weighted by Gasteiger charge is -2.20. The van der Waals surface area contributed by atoms with Gasteiger partial charge in [-0.2, -0.15) is 0 Å². The van der Waals surface area contributed by atoms with Crippen LogP contribution in [0.15, 0.2) is 53.0 Å². The van der Waals surface area contributed by atoms with Crippen molar-refractivity contribution in [2.45, 2.75) is 32.2 Å². The molecule has 1 nitrogen and oxygen atoms in total. The first kappa shape index (κ1) is 16.2. The summed E-state index contributed by atoms with van der Waals surface area (Å²) in [6, 6.07) is 15.6. The molecule has 1 atom stereocenters. The minimum Gasteiger partial charge on any atom is -0.310 e. The van der Waals surface area contributed by atoms with Crippen LogP contribution in [0.4, 0.5) is 4.39 Å². The molecule has 3 heteroatoms.